The molecule has 0 aliphatic carbocycles. The number of aryl methyl sites for hydroxylation is 1. The number of carbonyl (C=O) groups is 3. The van der Waals surface area contributed by atoms with E-state index in [4.69, 9.17) is 0 Å². The van der Waals surface area contributed by atoms with Gasteiger partial charge in [0.05, 0.1) is 12.2 Å². The van der Waals surface area contributed by atoms with Crippen molar-refractivity contribution in [2.24, 2.45) is 0 Å². The molecule has 0 spiro atoms. The molecule has 1 aliphatic rings. The molecule has 1 aromatic carbocycles. The van der Waals surface area contributed by atoms with Crippen LogP contribution in [0, 0.1) is 6.92 Å². The number of aromatic nitrogens is 1. The standard InChI is InChI=1S/C17H18N4O3S/c1-10-3-2-4-11(7-10)16-19-12(9-25-16)8-18-14(22)6-5-13-15(23)21-17(24)20-13/h2-4,7,9,13H,5-6,8H2,1H3,(H,18,22)(H2,20,21,23,24)/t13-/m1/s1. The number of benzene rings is 1. The van der Waals surface area contributed by atoms with E-state index in [2.05, 4.69) is 27.0 Å². The van der Waals surface area contributed by atoms with E-state index in [9.17, 15) is 14.4 Å². The zero-order chi connectivity index (χ0) is 17.8. The zero-order valence-electron chi connectivity index (χ0n) is 13.7. The Kier molecular flexibility index (Phi) is 5.08. The maximum absolute atomic E-state index is 11.9. The van der Waals surface area contributed by atoms with Crippen LogP contribution in [0.3, 0.4) is 0 Å². The Morgan fingerprint density at radius 1 is 1.36 bits per heavy atom. The van der Waals surface area contributed by atoms with E-state index in [0.29, 0.717) is 6.54 Å². The minimum atomic E-state index is -0.634. The molecule has 3 N–H and O–H groups in total. The molecule has 1 aromatic heterocycles. The second-order valence-corrected chi connectivity index (χ2v) is 6.70. The van der Waals surface area contributed by atoms with Crippen molar-refractivity contribution in [1.29, 1.82) is 0 Å². The summed E-state index contributed by atoms with van der Waals surface area (Å²) in [4.78, 5) is 38.9. The van der Waals surface area contributed by atoms with Crippen LogP contribution in [0.15, 0.2) is 29.6 Å². The first-order valence-electron chi connectivity index (χ1n) is 7.91. The Hall–Kier alpha value is -2.74. The number of hydrogen-bond acceptors (Lipinski definition) is 5. The zero-order valence-corrected chi connectivity index (χ0v) is 14.5. The van der Waals surface area contributed by atoms with Crippen molar-refractivity contribution >= 4 is 29.2 Å². The van der Waals surface area contributed by atoms with Gasteiger partial charge in [-0.25, -0.2) is 9.78 Å². The monoisotopic (exact) mass is 358 g/mol. The molecule has 1 atom stereocenters. The van der Waals surface area contributed by atoms with Crippen molar-refractivity contribution in [3.05, 3.63) is 40.9 Å². The second-order valence-electron chi connectivity index (χ2n) is 5.84. The molecule has 25 heavy (non-hydrogen) atoms. The Morgan fingerprint density at radius 3 is 2.92 bits per heavy atom. The quantitative estimate of drug-likeness (QED) is 0.685. The Labute approximate surface area is 148 Å². The number of imide groups is 1. The molecule has 2 aromatic rings. The number of urea groups is 1. The van der Waals surface area contributed by atoms with Crippen molar-refractivity contribution < 1.29 is 14.4 Å². The fraction of sp³-hybridized carbons (Fsp3) is 0.294. The molecule has 3 rings (SSSR count). The minimum absolute atomic E-state index is 0.160. The van der Waals surface area contributed by atoms with E-state index in [-0.39, 0.29) is 24.7 Å². The van der Waals surface area contributed by atoms with Gasteiger partial charge in [0, 0.05) is 17.4 Å². The average Bonchev–Trinajstić information content (AvgIpc) is 3.17. The lowest BCUT2D eigenvalue weighted by Gasteiger charge is -2.07. The van der Waals surface area contributed by atoms with E-state index in [1.807, 2.05) is 30.5 Å². The van der Waals surface area contributed by atoms with Gasteiger partial charge in [0.15, 0.2) is 0 Å². The van der Waals surface area contributed by atoms with Crippen LogP contribution < -0.4 is 16.0 Å². The number of rotatable bonds is 6. The number of nitrogens with one attached hydrogen (secondary N) is 3. The minimum Gasteiger partial charge on any atom is -0.350 e. The van der Waals surface area contributed by atoms with Crippen molar-refractivity contribution in [2.45, 2.75) is 32.4 Å². The molecule has 130 valence electrons. The molecule has 0 radical (unpaired) electrons. The summed E-state index contributed by atoms with van der Waals surface area (Å²) in [5.41, 5.74) is 3.03. The maximum atomic E-state index is 11.9. The van der Waals surface area contributed by atoms with Gasteiger partial charge >= 0.3 is 6.03 Å². The van der Waals surface area contributed by atoms with E-state index >= 15 is 0 Å². The molecule has 8 heteroatoms. The predicted octanol–water partition coefficient (Wildman–Crippen LogP) is 1.72. The van der Waals surface area contributed by atoms with Crippen LogP contribution in [0.1, 0.15) is 24.1 Å². The molecular weight excluding hydrogens is 340 g/mol. The van der Waals surface area contributed by atoms with E-state index in [1.54, 1.807) is 0 Å². The van der Waals surface area contributed by atoms with Gasteiger partial charge in [0.1, 0.15) is 11.0 Å². The highest BCUT2D eigenvalue weighted by Gasteiger charge is 2.29. The van der Waals surface area contributed by atoms with Crippen LogP contribution in [-0.4, -0.2) is 28.9 Å². The summed E-state index contributed by atoms with van der Waals surface area (Å²) in [7, 11) is 0. The molecule has 1 fully saturated rings. The summed E-state index contributed by atoms with van der Waals surface area (Å²) in [6, 6.07) is 6.96. The highest BCUT2D eigenvalue weighted by Crippen LogP contribution is 2.24. The van der Waals surface area contributed by atoms with Gasteiger partial charge in [0.2, 0.25) is 5.91 Å². The number of amides is 4. The Bertz CT molecular complexity index is 818. The van der Waals surface area contributed by atoms with Crippen molar-refractivity contribution in [2.75, 3.05) is 0 Å². The van der Waals surface area contributed by atoms with Gasteiger partial charge in [-0.2, -0.15) is 0 Å². The summed E-state index contributed by atoms with van der Waals surface area (Å²) in [5, 5.41) is 10.2. The normalized spacial score (nSPS) is 16.4. The molecule has 4 amide bonds. The number of carbonyl (C=O) groups excluding carboxylic acids is 3. The van der Waals surface area contributed by atoms with Crippen LogP contribution >= 0.6 is 11.3 Å². The summed E-state index contributed by atoms with van der Waals surface area (Å²) < 4.78 is 0. The third kappa shape index (κ3) is 4.42. The molecule has 1 saturated heterocycles. The molecule has 1 aliphatic heterocycles. The van der Waals surface area contributed by atoms with Gasteiger partial charge in [-0.15, -0.1) is 11.3 Å². The van der Waals surface area contributed by atoms with Gasteiger partial charge < -0.3 is 10.6 Å². The van der Waals surface area contributed by atoms with Gasteiger partial charge in [-0.05, 0) is 19.4 Å². The fourth-order valence-electron chi connectivity index (χ4n) is 2.51. The van der Waals surface area contributed by atoms with Gasteiger partial charge in [-0.1, -0.05) is 23.8 Å². The lowest BCUT2D eigenvalue weighted by molar-refractivity contribution is -0.122. The van der Waals surface area contributed by atoms with Crippen LogP contribution in [0.2, 0.25) is 0 Å². The molecular formula is C17H18N4O3S. The SMILES string of the molecule is Cc1cccc(-c2nc(CNC(=O)CC[C@H]3NC(=O)NC3=O)cs2)c1. The van der Waals surface area contributed by atoms with Gasteiger partial charge in [0.25, 0.3) is 5.91 Å². The summed E-state index contributed by atoms with van der Waals surface area (Å²) >= 11 is 1.53. The highest BCUT2D eigenvalue weighted by atomic mass is 32.1. The van der Waals surface area contributed by atoms with Crippen LogP contribution in [0.4, 0.5) is 4.79 Å². The highest BCUT2D eigenvalue weighted by molar-refractivity contribution is 7.13. The fourth-order valence-corrected chi connectivity index (χ4v) is 3.33. The third-order valence-electron chi connectivity index (χ3n) is 3.80. The van der Waals surface area contributed by atoms with E-state index in [0.717, 1.165) is 16.3 Å². The Balaban J connectivity index is 1.48. The van der Waals surface area contributed by atoms with Crippen molar-refractivity contribution in [1.82, 2.24) is 20.9 Å². The predicted molar refractivity (Wildman–Crippen MR) is 93.8 cm³/mol. The smallest absolute Gasteiger partial charge is 0.322 e. The topological polar surface area (TPSA) is 100 Å². The molecule has 2 heterocycles. The maximum Gasteiger partial charge on any atom is 0.322 e. The second kappa shape index (κ2) is 7.43. The van der Waals surface area contributed by atoms with Crippen molar-refractivity contribution in [3.63, 3.8) is 0 Å². The summed E-state index contributed by atoms with van der Waals surface area (Å²) in [5.74, 6) is -0.570. The third-order valence-corrected chi connectivity index (χ3v) is 4.74. The molecule has 7 nitrogen and oxygen atoms in total. The van der Waals surface area contributed by atoms with Crippen molar-refractivity contribution in [3.8, 4) is 10.6 Å². The molecule has 0 unspecified atom stereocenters. The first-order valence-corrected chi connectivity index (χ1v) is 8.79. The first-order chi connectivity index (χ1) is 12.0. The first kappa shape index (κ1) is 17.1. The van der Waals surface area contributed by atoms with Crippen LogP contribution in [0.25, 0.3) is 10.6 Å². The Morgan fingerprint density at radius 2 is 2.20 bits per heavy atom. The number of nitrogens with zero attached hydrogens (tertiary/aromatic N) is 1. The molecule has 0 saturated carbocycles. The van der Waals surface area contributed by atoms with Crippen LogP contribution in [-0.2, 0) is 16.1 Å². The number of thiazole rings is 1. The summed E-state index contributed by atoms with van der Waals surface area (Å²) in [6.07, 6.45) is 0.433. The van der Waals surface area contributed by atoms with E-state index in [1.165, 1.54) is 16.9 Å². The largest absolute Gasteiger partial charge is 0.350 e. The summed E-state index contributed by atoms with van der Waals surface area (Å²) in [6.45, 7) is 2.37. The lowest BCUT2D eigenvalue weighted by atomic mass is 10.1. The van der Waals surface area contributed by atoms with Crippen LogP contribution in [0.5, 0.6) is 0 Å². The van der Waals surface area contributed by atoms with E-state index < -0.39 is 12.1 Å². The molecule has 0 bridgehead atoms. The number of hydrogen-bond donors (Lipinski definition) is 3. The lowest BCUT2D eigenvalue weighted by Crippen LogP contribution is -2.31. The average molecular weight is 358 g/mol. The van der Waals surface area contributed by atoms with Gasteiger partial charge in [-0.3, -0.25) is 14.9 Å².